The molecule has 0 heterocycles. The third kappa shape index (κ3) is 4.97. The molecule has 2 aromatic carbocycles. The molecule has 0 fully saturated rings. The first-order valence-electron chi connectivity index (χ1n) is 7.10. The van der Waals surface area contributed by atoms with Crippen molar-refractivity contribution in [1.82, 2.24) is 5.32 Å². The molecule has 2 aromatic rings. The number of carbonyl (C=O) groups excluding carboxylic acids is 2. The highest BCUT2D eigenvalue weighted by atomic mass is 19.4. The van der Waals surface area contributed by atoms with E-state index in [4.69, 9.17) is 9.47 Å². The molecular weight excluding hydrogens is 339 g/mol. The standard InChI is InChI=1S/C17H14F3NO4/c1-24-13-4-2-3-5-14(13)25-15(22)10-21-16(23)11-6-8-12(9-7-11)17(18,19)20/h2-9H,10H2,1H3,(H,21,23). The minimum atomic E-state index is -4.48. The molecule has 0 aliphatic heterocycles. The molecular formula is C17H14F3NO4. The van der Waals surface area contributed by atoms with Crippen LogP contribution in [0, 0.1) is 0 Å². The Morgan fingerprint density at radius 2 is 1.60 bits per heavy atom. The number of ether oxygens (including phenoxy) is 2. The van der Waals surface area contributed by atoms with Crippen LogP contribution in [0.4, 0.5) is 13.2 Å². The Hall–Kier alpha value is -3.03. The molecule has 0 aliphatic rings. The number of nitrogens with one attached hydrogen (secondary N) is 1. The minimum Gasteiger partial charge on any atom is -0.493 e. The van der Waals surface area contributed by atoms with Gasteiger partial charge in [-0.05, 0) is 36.4 Å². The largest absolute Gasteiger partial charge is 0.493 e. The lowest BCUT2D eigenvalue weighted by molar-refractivity contribution is -0.137. The molecule has 8 heteroatoms. The molecule has 0 unspecified atom stereocenters. The van der Waals surface area contributed by atoms with Crippen LogP contribution >= 0.6 is 0 Å². The number of benzene rings is 2. The summed E-state index contributed by atoms with van der Waals surface area (Å²) in [5.41, 5.74) is -0.863. The quantitative estimate of drug-likeness (QED) is 0.663. The zero-order valence-corrected chi connectivity index (χ0v) is 13.1. The third-order valence-electron chi connectivity index (χ3n) is 3.16. The number of amides is 1. The molecule has 0 bridgehead atoms. The summed E-state index contributed by atoms with van der Waals surface area (Å²) in [6.07, 6.45) is -4.48. The van der Waals surface area contributed by atoms with E-state index in [-0.39, 0.29) is 11.3 Å². The number of rotatable bonds is 5. The Bertz CT molecular complexity index is 757. The van der Waals surface area contributed by atoms with Crippen molar-refractivity contribution in [2.45, 2.75) is 6.18 Å². The maximum Gasteiger partial charge on any atom is 0.416 e. The maximum atomic E-state index is 12.5. The summed E-state index contributed by atoms with van der Waals surface area (Å²) in [4.78, 5) is 23.6. The molecule has 0 aromatic heterocycles. The van der Waals surface area contributed by atoms with Gasteiger partial charge in [-0.25, -0.2) is 4.79 Å². The fraction of sp³-hybridized carbons (Fsp3) is 0.176. The zero-order chi connectivity index (χ0) is 18.4. The Kier molecular flexibility index (Phi) is 5.63. The van der Waals surface area contributed by atoms with Crippen LogP contribution in [0.25, 0.3) is 0 Å². The van der Waals surface area contributed by atoms with E-state index in [1.807, 2.05) is 0 Å². The van der Waals surface area contributed by atoms with Crippen LogP contribution in [-0.4, -0.2) is 25.5 Å². The summed E-state index contributed by atoms with van der Waals surface area (Å²) in [5.74, 6) is -0.890. The molecule has 0 saturated carbocycles. The van der Waals surface area contributed by atoms with Crippen molar-refractivity contribution in [2.24, 2.45) is 0 Å². The first kappa shape index (κ1) is 18.3. The summed E-state index contributed by atoms with van der Waals surface area (Å²) < 4.78 is 47.5. The van der Waals surface area contributed by atoms with Gasteiger partial charge in [0.15, 0.2) is 11.5 Å². The normalized spacial score (nSPS) is 10.9. The van der Waals surface area contributed by atoms with E-state index in [2.05, 4.69) is 5.32 Å². The van der Waals surface area contributed by atoms with Gasteiger partial charge in [-0.15, -0.1) is 0 Å². The topological polar surface area (TPSA) is 64.6 Å². The van der Waals surface area contributed by atoms with Crippen LogP contribution in [0.1, 0.15) is 15.9 Å². The fourth-order valence-corrected chi connectivity index (χ4v) is 1.93. The predicted molar refractivity (Wildman–Crippen MR) is 82.4 cm³/mol. The average Bonchev–Trinajstić information content (AvgIpc) is 2.59. The third-order valence-corrected chi connectivity index (χ3v) is 3.16. The summed E-state index contributed by atoms with van der Waals surface area (Å²) in [6.45, 7) is -0.447. The smallest absolute Gasteiger partial charge is 0.416 e. The number of hydrogen-bond donors (Lipinski definition) is 1. The molecule has 5 nitrogen and oxygen atoms in total. The van der Waals surface area contributed by atoms with Gasteiger partial charge in [-0.3, -0.25) is 4.79 Å². The van der Waals surface area contributed by atoms with Crippen LogP contribution in [0.3, 0.4) is 0 Å². The second kappa shape index (κ2) is 7.69. The van der Waals surface area contributed by atoms with Crippen molar-refractivity contribution >= 4 is 11.9 Å². The summed E-state index contributed by atoms with van der Waals surface area (Å²) in [5, 5.41) is 2.28. The first-order valence-corrected chi connectivity index (χ1v) is 7.10. The Balaban J connectivity index is 1.92. The van der Waals surface area contributed by atoms with E-state index >= 15 is 0 Å². The number of hydrogen-bond acceptors (Lipinski definition) is 4. The molecule has 0 saturated heterocycles. The highest BCUT2D eigenvalue weighted by Gasteiger charge is 2.30. The van der Waals surface area contributed by atoms with Gasteiger partial charge in [0.1, 0.15) is 6.54 Å². The highest BCUT2D eigenvalue weighted by molar-refractivity contribution is 5.96. The SMILES string of the molecule is COc1ccccc1OC(=O)CNC(=O)c1ccc(C(F)(F)F)cc1. The average molecular weight is 353 g/mol. The highest BCUT2D eigenvalue weighted by Crippen LogP contribution is 2.29. The van der Waals surface area contributed by atoms with Crippen molar-refractivity contribution in [3.05, 3.63) is 59.7 Å². The van der Waals surface area contributed by atoms with Crippen molar-refractivity contribution in [1.29, 1.82) is 0 Å². The molecule has 0 radical (unpaired) electrons. The predicted octanol–water partition coefficient (Wildman–Crippen LogP) is 3.05. The van der Waals surface area contributed by atoms with E-state index in [1.165, 1.54) is 13.2 Å². The number of alkyl halides is 3. The summed E-state index contributed by atoms with van der Waals surface area (Å²) in [6, 6.07) is 10.1. The second-order valence-electron chi connectivity index (χ2n) is 4.88. The maximum absolute atomic E-state index is 12.5. The second-order valence-corrected chi connectivity index (χ2v) is 4.88. The van der Waals surface area contributed by atoms with E-state index < -0.39 is 30.2 Å². The number of methoxy groups -OCH3 is 1. The lowest BCUT2D eigenvalue weighted by atomic mass is 10.1. The summed E-state index contributed by atoms with van der Waals surface area (Å²) in [7, 11) is 1.42. The van der Waals surface area contributed by atoms with Crippen LogP contribution in [-0.2, 0) is 11.0 Å². The van der Waals surface area contributed by atoms with Crippen molar-refractivity contribution in [2.75, 3.05) is 13.7 Å². The Labute approximate surface area is 141 Å². The molecule has 0 atom stereocenters. The van der Waals surface area contributed by atoms with E-state index in [0.29, 0.717) is 5.75 Å². The molecule has 25 heavy (non-hydrogen) atoms. The van der Waals surface area contributed by atoms with E-state index in [1.54, 1.807) is 18.2 Å². The van der Waals surface area contributed by atoms with Crippen LogP contribution in [0.2, 0.25) is 0 Å². The van der Waals surface area contributed by atoms with Gasteiger partial charge < -0.3 is 14.8 Å². The Morgan fingerprint density at radius 3 is 2.16 bits per heavy atom. The lowest BCUT2D eigenvalue weighted by Gasteiger charge is -2.10. The molecule has 1 N–H and O–H groups in total. The molecule has 132 valence electrons. The number of para-hydroxylation sites is 2. The molecule has 0 aliphatic carbocycles. The van der Waals surface area contributed by atoms with Gasteiger partial charge in [-0.2, -0.15) is 13.2 Å². The van der Waals surface area contributed by atoms with Gasteiger partial charge in [0.2, 0.25) is 0 Å². The van der Waals surface area contributed by atoms with Gasteiger partial charge in [0.05, 0.1) is 12.7 Å². The summed E-state index contributed by atoms with van der Waals surface area (Å²) >= 11 is 0. The first-order chi connectivity index (χ1) is 11.8. The zero-order valence-electron chi connectivity index (χ0n) is 13.1. The molecule has 1 amide bonds. The number of carbonyl (C=O) groups is 2. The van der Waals surface area contributed by atoms with Gasteiger partial charge >= 0.3 is 12.1 Å². The minimum absolute atomic E-state index is 0.00177. The van der Waals surface area contributed by atoms with E-state index in [9.17, 15) is 22.8 Å². The van der Waals surface area contributed by atoms with Crippen molar-refractivity contribution in [3.8, 4) is 11.5 Å². The van der Waals surface area contributed by atoms with Crippen molar-refractivity contribution in [3.63, 3.8) is 0 Å². The number of esters is 1. The van der Waals surface area contributed by atoms with Gasteiger partial charge in [0, 0.05) is 5.56 Å². The van der Waals surface area contributed by atoms with Crippen LogP contribution in [0.5, 0.6) is 11.5 Å². The van der Waals surface area contributed by atoms with Gasteiger partial charge in [0.25, 0.3) is 5.91 Å². The van der Waals surface area contributed by atoms with Crippen molar-refractivity contribution < 1.29 is 32.2 Å². The van der Waals surface area contributed by atoms with E-state index in [0.717, 1.165) is 24.3 Å². The Morgan fingerprint density at radius 1 is 1.00 bits per heavy atom. The van der Waals surface area contributed by atoms with Gasteiger partial charge in [-0.1, -0.05) is 12.1 Å². The monoisotopic (exact) mass is 353 g/mol. The molecule has 0 spiro atoms. The molecule has 2 rings (SSSR count). The fourth-order valence-electron chi connectivity index (χ4n) is 1.93. The van der Waals surface area contributed by atoms with Crippen LogP contribution in [0.15, 0.2) is 48.5 Å². The lowest BCUT2D eigenvalue weighted by Crippen LogP contribution is -2.32. The van der Waals surface area contributed by atoms with Crippen LogP contribution < -0.4 is 14.8 Å². The number of halogens is 3.